The van der Waals surface area contributed by atoms with Crippen molar-refractivity contribution in [3.63, 3.8) is 0 Å². The molecule has 114 valence electrons. The summed E-state index contributed by atoms with van der Waals surface area (Å²) in [6, 6.07) is 12.6. The van der Waals surface area contributed by atoms with Crippen molar-refractivity contribution in [2.45, 2.75) is 19.5 Å². The van der Waals surface area contributed by atoms with Crippen LogP contribution in [-0.4, -0.2) is 19.0 Å². The fourth-order valence-corrected chi connectivity index (χ4v) is 3.16. The highest BCUT2D eigenvalue weighted by Crippen LogP contribution is 2.20. The van der Waals surface area contributed by atoms with E-state index in [-0.39, 0.29) is 11.9 Å². The van der Waals surface area contributed by atoms with Crippen molar-refractivity contribution in [2.75, 3.05) is 12.4 Å². The lowest BCUT2D eigenvalue weighted by atomic mass is 10.2. The number of rotatable bonds is 5. The number of anilines is 1. The van der Waals surface area contributed by atoms with E-state index in [1.165, 1.54) is 11.3 Å². The first kappa shape index (κ1) is 16.5. The summed E-state index contributed by atoms with van der Waals surface area (Å²) in [5, 5.41) is 11.6. The fourth-order valence-electron chi connectivity index (χ4n) is 1.98. The van der Waals surface area contributed by atoms with Crippen LogP contribution in [0.4, 0.5) is 5.69 Å². The number of thiophene rings is 1. The molecule has 1 aromatic carbocycles. The van der Waals surface area contributed by atoms with E-state index in [0.29, 0.717) is 11.3 Å². The lowest BCUT2D eigenvalue weighted by Crippen LogP contribution is -3.12. The van der Waals surface area contributed by atoms with Crippen LogP contribution in [0.15, 0.2) is 36.4 Å². The first-order valence-electron chi connectivity index (χ1n) is 6.87. The van der Waals surface area contributed by atoms with Gasteiger partial charge >= 0.3 is 0 Å². The van der Waals surface area contributed by atoms with Gasteiger partial charge in [0.15, 0.2) is 6.04 Å². The molecule has 0 aliphatic rings. The molecule has 0 aliphatic heterocycles. The molecule has 22 heavy (non-hydrogen) atoms. The summed E-state index contributed by atoms with van der Waals surface area (Å²) >= 11 is 7.46. The third kappa shape index (κ3) is 4.31. The molecule has 0 radical (unpaired) electrons. The van der Waals surface area contributed by atoms with Crippen LogP contribution >= 0.6 is 22.9 Å². The van der Waals surface area contributed by atoms with E-state index in [4.69, 9.17) is 16.9 Å². The Kier molecular flexibility index (Phi) is 5.56. The van der Waals surface area contributed by atoms with Gasteiger partial charge in [0.1, 0.15) is 6.54 Å². The number of benzene rings is 1. The Labute approximate surface area is 138 Å². The number of nitriles is 1. The summed E-state index contributed by atoms with van der Waals surface area (Å²) in [6.45, 7) is 2.64. The van der Waals surface area contributed by atoms with Crippen molar-refractivity contribution in [1.82, 2.24) is 0 Å². The van der Waals surface area contributed by atoms with Crippen LogP contribution in [0.5, 0.6) is 0 Å². The molecule has 0 saturated heterocycles. The summed E-state index contributed by atoms with van der Waals surface area (Å²) in [5.41, 5.74) is 1.27. The minimum Gasteiger partial charge on any atom is -0.323 e. The Morgan fingerprint density at radius 2 is 2.05 bits per heavy atom. The van der Waals surface area contributed by atoms with Crippen molar-refractivity contribution < 1.29 is 9.69 Å². The Morgan fingerprint density at radius 3 is 2.59 bits per heavy atom. The number of hydrogen-bond donors (Lipinski definition) is 2. The van der Waals surface area contributed by atoms with E-state index in [1.807, 2.05) is 26.1 Å². The van der Waals surface area contributed by atoms with Gasteiger partial charge in [-0.05, 0) is 43.3 Å². The maximum absolute atomic E-state index is 12.3. The van der Waals surface area contributed by atoms with Gasteiger partial charge in [-0.25, -0.2) is 0 Å². The van der Waals surface area contributed by atoms with Gasteiger partial charge < -0.3 is 10.2 Å². The molecule has 0 saturated carbocycles. The minimum atomic E-state index is -0.198. The second-order valence-electron chi connectivity index (χ2n) is 5.13. The summed E-state index contributed by atoms with van der Waals surface area (Å²) in [7, 11) is 1.98. The zero-order valence-corrected chi connectivity index (χ0v) is 14.0. The number of hydrogen-bond acceptors (Lipinski definition) is 3. The smallest absolute Gasteiger partial charge is 0.282 e. The third-order valence-electron chi connectivity index (χ3n) is 3.50. The molecule has 1 unspecified atom stereocenters. The molecule has 2 atom stereocenters. The number of quaternary nitrogens is 1. The van der Waals surface area contributed by atoms with Crippen LogP contribution in [0.25, 0.3) is 0 Å². The topological polar surface area (TPSA) is 57.3 Å². The number of halogens is 1. The summed E-state index contributed by atoms with van der Waals surface area (Å²) in [4.78, 5) is 14.5. The molecule has 0 spiro atoms. The Balaban J connectivity index is 1.94. The Bertz CT molecular complexity index is 690. The van der Waals surface area contributed by atoms with Gasteiger partial charge in [0.05, 0.1) is 27.9 Å². The number of carbonyl (C=O) groups is 1. The highest BCUT2D eigenvalue weighted by Gasteiger charge is 2.22. The first-order chi connectivity index (χ1) is 10.5. The van der Waals surface area contributed by atoms with Crippen molar-refractivity contribution in [3.05, 3.63) is 51.2 Å². The SMILES string of the molecule is C[C@@H](C(=O)Nc1ccc(C#N)cc1)[NH+](C)Cc1ccc(Cl)s1. The molecule has 1 heterocycles. The molecular formula is C16H17ClN3OS+. The average Bonchev–Trinajstić information content (AvgIpc) is 2.92. The molecule has 6 heteroatoms. The van der Waals surface area contributed by atoms with E-state index < -0.39 is 0 Å². The lowest BCUT2D eigenvalue weighted by molar-refractivity contribution is -0.907. The van der Waals surface area contributed by atoms with Crippen LogP contribution < -0.4 is 10.2 Å². The minimum absolute atomic E-state index is 0.0511. The molecule has 0 fully saturated rings. The monoisotopic (exact) mass is 334 g/mol. The highest BCUT2D eigenvalue weighted by molar-refractivity contribution is 7.16. The van der Waals surface area contributed by atoms with Gasteiger partial charge in [0.25, 0.3) is 5.91 Å². The molecule has 2 rings (SSSR count). The number of likely N-dealkylation sites (N-methyl/N-ethyl adjacent to an activating group) is 1. The normalized spacial score (nSPS) is 13.2. The van der Waals surface area contributed by atoms with Gasteiger partial charge in [0.2, 0.25) is 0 Å². The maximum Gasteiger partial charge on any atom is 0.282 e. The van der Waals surface area contributed by atoms with Gasteiger partial charge in [-0.15, -0.1) is 11.3 Å². The molecule has 0 bridgehead atoms. The van der Waals surface area contributed by atoms with Gasteiger partial charge in [-0.3, -0.25) is 4.79 Å². The predicted octanol–water partition coefficient (Wildman–Crippen LogP) is 2.32. The standard InChI is InChI=1S/C16H16ClN3OS/c1-11(20(2)10-14-7-8-15(17)22-14)16(21)19-13-5-3-12(9-18)4-6-13/h3-8,11H,10H2,1-2H3,(H,19,21)/p+1/t11-/m0/s1. The highest BCUT2D eigenvalue weighted by atomic mass is 35.5. The zero-order valence-electron chi connectivity index (χ0n) is 12.4. The quantitative estimate of drug-likeness (QED) is 0.881. The lowest BCUT2D eigenvalue weighted by Gasteiger charge is -2.20. The van der Waals surface area contributed by atoms with Crippen molar-refractivity contribution in [2.24, 2.45) is 0 Å². The number of nitrogens with zero attached hydrogens (tertiary/aromatic N) is 1. The summed E-state index contributed by atoms with van der Waals surface area (Å²) in [5.74, 6) is -0.0511. The second-order valence-corrected chi connectivity index (χ2v) is 6.93. The summed E-state index contributed by atoms with van der Waals surface area (Å²) < 4.78 is 0.762. The molecule has 2 N–H and O–H groups in total. The van der Waals surface area contributed by atoms with E-state index >= 15 is 0 Å². The number of carbonyl (C=O) groups excluding carboxylic acids is 1. The van der Waals surface area contributed by atoms with Gasteiger partial charge in [-0.2, -0.15) is 5.26 Å². The molecule has 4 nitrogen and oxygen atoms in total. The van der Waals surface area contributed by atoms with Crippen molar-refractivity contribution in [1.29, 1.82) is 5.26 Å². The van der Waals surface area contributed by atoms with Crippen molar-refractivity contribution >= 4 is 34.5 Å². The molecule has 1 aromatic heterocycles. The number of amides is 1. The zero-order chi connectivity index (χ0) is 16.1. The van der Waals surface area contributed by atoms with Crippen molar-refractivity contribution in [3.8, 4) is 6.07 Å². The fraction of sp³-hybridized carbons (Fsp3) is 0.250. The van der Waals surface area contributed by atoms with Crippen LogP contribution in [0.1, 0.15) is 17.4 Å². The average molecular weight is 335 g/mol. The third-order valence-corrected chi connectivity index (χ3v) is 4.73. The van der Waals surface area contributed by atoms with Crippen LogP contribution in [-0.2, 0) is 11.3 Å². The van der Waals surface area contributed by atoms with E-state index in [0.717, 1.165) is 20.7 Å². The largest absolute Gasteiger partial charge is 0.323 e. The molecule has 0 aliphatic carbocycles. The second kappa shape index (κ2) is 7.41. The van der Waals surface area contributed by atoms with Crippen LogP contribution in [0, 0.1) is 11.3 Å². The molecule has 2 aromatic rings. The van der Waals surface area contributed by atoms with E-state index in [2.05, 4.69) is 11.4 Å². The van der Waals surface area contributed by atoms with Crippen LogP contribution in [0.2, 0.25) is 4.34 Å². The molecular weight excluding hydrogens is 318 g/mol. The predicted molar refractivity (Wildman–Crippen MR) is 89.2 cm³/mol. The van der Waals surface area contributed by atoms with Crippen LogP contribution in [0.3, 0.4) is 0 Å². The maximum atomic E-state index is 12.3. The van der Waals surface area contributed by atoms with Gasteiger partial charge in [-0.1, -0.05) is 11.6 Å². The number of nitrogens with one attached hydrogen (secondary N) is 2. The molecule has 1 amide bonds. The first-order valence-corrected chi connectivity index (χ1v) is 8.06. The Morgan fingerprint density at radius 1 is 1.36 bits per heavy atom. The summed E-state index contributed by atoms with van der Waals surface area (Å²) in [6.07, 6.45) is 0. The Hall–Kier alpha value is -1.87. The van der Waals surface area contributed by atoms with Gasteiger partial charge in [0, 0.05) is 5.69 Å². The van der Waals surface area contributed by atoms with E-state index in [1.54, 1.807) is 24.3 Å². The van der Waals surface area contributed by atoms with E-state index in [9.17, 15) is 4.79 Å².